The van der Waals surface area contributed by atoms with E-state index >= 15 is 0 Å². The predicted molar refractivity (Wildman–Crippen MR) is 41.6 cm³/mol. The van der Waals surface area contributed by atoms with Gasteiger partial charge in [-0.1, -0.05) is 12.2 Å². The van der Waals surface area contributed by atoms with E-state index in [1.807, 2.05) is 0 Å². The highest BCUT2D eigenvalue weighted by molar-refractivity contribution is 5.42. The lowest BCUT2D eigenvalue weighted by Gasteiger charge is -2.04. The number of fused-ring (bicyclic) bond motifs is 2. The van der Waals surface area contributed by atoms with E-state index in [4.69, 9.17) is 0 Å². The molecule has 0 bridgehead atoms. The Balaban J connectivity index is 2.06. The molecule has 3 rings (SSSR count). The van der Waals surface area contributed by atoms with Crippen LogP contribution in [0, 0.1) is 11.8 Å². The lowest BCUT2D eigenvalue weighted by molar-refractivity contribution is 0.930. The van der Waals surface area contributed by atoms with Gasteiger partial charge in [0.2, 0.25) is 0 Å². The van der Waals surface area contributed by atoms with E-state index in [0.29, 0.717) is 0 Å². The lowest BCUT2D eigenvalue weighted by Crippen LogP contribution is -1.88. The molecule has 2 saturated carbocycles. The van der Waals surface area contributed by atoms with E-state index in [2.05, 4.69) is 12.2 Å². The molecule has 2 fully saturated rings. The zero-order chi connectivity index (χ0) is 6.55. The molecule has 0 nitrogen and oxygen atoms in total. The van der Waals surface area contributed by atoms with E-state index in [0.717, 1.165) is 11.8 Å². The summed E-state index contributed by atoms with van der Waals surface area (Å²) in [6.07, 6.45) is 10.7. The third kappa shape index (κ3) is 0.570. The summed E-state index contributed by atoms with van der Waals surface area (Å²) in [6.45, 7) is 0. The molecular formula is C10H12. The third-order valence-corrected chi connectivity index (χ3v) is 3.03. The first-order valence-electron chi connectivity index (χ1n) is 4.35. The van der Waals surface area contributed by atoms with Crippen LogP contribution in [0.5, 0.6) is 0 Å². The lowest BCUT2D eigenvalue weighted by atomic mass is 10.0. The standard InChI is InChI=1S/C10H12/c1-2-7-4-9-6-10(9)5-8(7)3-1/h4-5,9-10H,1-3,6H2. The predicted octanol–water partition coefficient (Wildman–Crippen LogP) is 2.67. The first kappa shape index (κ1) is 5.17. The molecule has 3 aliphatic rings. The van der Waals surface area contributed by atoms with Gasteiger partial charge in [-0.3, -0.25) is 0 Å². The second-order valence-corrected chi connectivity index (χ2v) is 3.80. The largest absolute Gasteiger partial charge is 0.0773 e. The smallest absolute Gasteiger partial charge is 0.0158 e. The second-order valence-electron chi connectivity index (χ2n) is 3.80. The van der Waals surface area contributed by atoms with Gasteiger partial charge in [0.15, 0.2) is 0 Å². The van der Waals surface area contributed by atoms with Crippen LogP contribution in [0.15, 0.2) is 23.3 Å². The van der Waals surface area contributed by atoms with Crippen molar-refractivity contribution in [3.8, 4) is 0 Å². The molecule has 0 amide bonds. The summed E-state index contributed by atoms with van der Waals surface area (Å²) in [4.78, 5) is 0. The van der Waals surface area contributed by atoms with Crippen molar-refractivity contribution in [3.05, 3.63) is 23.3 Å². The summed E-state index contributed by atoms with van der Waals surface area (Å²) in [6, 6.07) is 0. The van der Waals surface area contributed by atoms with E-state index < -0.39 is 0 Å². The molecule has 0 radical (unpaired) electrons. The Morgan fingerprint density at radius 3 is 2.20 bits per heavy atom. The summed E-state index contributed by atoms with van der Waals surface area (Å²) in [5.41, 5.74) is 3.39. The maximum absolute atomic E-state index is 2.53. The van der Waals surface area contributed by atoms with Crippen LogP contribution in [-0.2, 0) is 0 Å². The quantitative estimate of drug-likeness (QED) is 0.475. The normalized spacial score (nSPS) is 41.6. The molecule has 52 valence electrons. The minimum absolute atomic E-state index is 0.969. The molecule has 0 aromatic heterocycles. The number of allylic oxidation sites excluding steroid dienone is 4. The van der Waals surface area contributed by atoms with Gasteiger partial charge in [-0.15, -0.1) is 0 Å². The van der Waals surface area contributed by atoms with Crippen LogP contribution in [0.1, 0.15) is 25.7 Å². The van der Waals surface area contributed by atoms with Crippen molar-refractivity contribution in [2.24, 2.45) is 11.8 Å². The molecule has 3 aliphatic carbocycles. The van der Waals surface area contributed by atoms with Crippen molar-refractivity contribution in [2.45, 2.75) is 25.7 Å². The van der Waals surface area contributed by atoms with Crippen LogP contribution in [0.3, 0.4) is 0 Å². The van der Waals surface area contributed by atoms with Crippen molar-refractivity contribution < 1.29 is 0 Å². The van der Waals surface area contributed by atoms with E-state index in [1.165, 1.54) is 25.7 Å². The molecular weight excluding hydrogens is 120 g/mol. The third-order valence-electron chi connectivity index (χ3n) is 3.03. The Morgan fingerprint density at radius 2 is 1.60 bits per heavy atom. The van der Waals surface area contributed by atoms with Gasteiger partial charge in [0.05, 0.1) is 0 Å². The van der Waals surface area contributed by atoms with Gasteiger partial charge in [0.25, 0.3) is 0 Å². The molecule has 10 heavy (non-hydrogen) atoms. The first-order valence-corrected chi connectivity index (χ1v) is 4.35. The van der Waals surface area contributed by atoms with Crippen molar-refractivity contribution in [1.29, 1.82) is 0 Å². The Labute approximate surface area is 61.6 Å². The maximum Gasteiger partial charge on any atom is -0.0158 e. The van der Waals surface area contributed by atoms with E-state index in [1.54, 1.807) is 11.1 Å². The zero-order valence-electron chi connectivity index (χ0n) is 6.14. The Morgan fingerprint density at radius 1 is 1.00 bits per heavy atom. The minimum Gasteiger partial charge on any atom is -0.0773 e. The van der Waals surface area contributed by atoms with Crippen LogP contribution in [0.2, 0.25) is 0 Å². The van der Waals surface area contributed by atoms with Gasteiger partial charge in [-0.25, -0.2) is 0 Å². The van der Waals surface area contributed by atoms with Crippen LogP contribution >= 0.6 is 0 Å². The van der Waals surface area contributed by atoms with Gasteiger partial charge in [-0.05, 0) is 48.7 Å². The summed E-state index contributed by atoms with van der Waals surface area (Å²) >= 11 is 0. The maximum atomic E-state index is 2.53. The van der Waals surface area contributed by atoms with Gasteiger partial charge < -0.3 is 0 Å². The van der Waals surface area contributed by atoms with Crippen LogP contribution in [0.25, 0.3) is 0 Å². The van der Waals surface area contributed by atoms with Gasteiger partial charge >= 0.3 is 0 Å². The molecule has 0 aromatic carbocycles. The molecule has 0 aliphatic heterocycles. The van der Waals surface area contributed by atoms with Crippen molar-refractivity contribution in [1.82, 2.24) is 0 Å². The molecule has 2 unspecified atom stereocenters. The number of hydrogen-bond acceptors (Lipinski definition) is 0. The molecule has 0 N–H and O–H groups in total. The van der Waals surface area contributed by atoms with Gasteiger partial charge in [-0.2, -0.15) is 0 Å². The van der Waals surface area contributed by atoms with Crippen LogP contribution in [0.4, 0.5) is 0 Å². The summed E-state index contributed by atoms with van der Waals surface area (Å²) in [5.74, 6) is 1.94. The van der Waals surface area contributed by atoms with Crippen molar-refractivity contribution in [2.75, 3.05) is 0 Å². The minimum atomic E-state index is 0.969. The fourth-order valence-electron chi connectivity index (χ4n) is 2.31. The number of rotatable bonds is 0. The highest BCUT2D eigenvalue weighted by Crippen LogP contribution is 2.49. The van der Waals surface area contributed by atoms with Gasteiger partial charge in [0, 0.05) is 0 Å². The SMILES string of the molecule is C1=C2CCCC2=CC2CC12. The fourth-order valence-corrected chi connectivity index (χ4v) is 2.31. The van der Waals surface area contributed by atoms with Crippen molar-refractivity contribution in [3.63, 3.8) is 0 Å². The Kier molecular flexibility index (Phi) is 0.803. The second kappa shape index (κ2) is 1.55. The summed E-state index contributed by atoms with van der Waals surface area (Å²) < 4.78 is 0. The Bertz CT molecular complexity index is 208. The first-order chi connectivity index (χ1) is 4.93. The highest BCUT2D eigenvalue weighted by Gasteiger charge is 2.37. The summed E-state index contributed by atoms with van der Waals surface area (Å²) in [7, 11) is 0. The molecule has 0 heterocycles. The fraction of sp³-hybridized carbons (Fsp3) is 0.600. The molecule has 0 heteroatoms. The Hall–Kier alpha value is -0.520. The monoisotopic (exact) mass is 132 g/mol. The molecule has 0 spiro atoms. The average molecular weight is 132 g/mol. The highest BCUT2D eigenvalue weighted by atomic mass is 14.4. The molecule has 0 saturated heterocycles. The topological polar surface area (TPSA) is 0 Å². The molecule has 2 atom stereocenters. The number of hydrogen-bond donors (Lipinski definition) is 0. The van der Waals surface area contributed by atoms with Crippen molar-refractivity contribution >= 4 is 0 Å². The average Bonchev–Trinajstić information content (AvgIpc) is 2.52. The van der Waals surface area contributed by atoms with Gasteiger partial charge in [0.1, 0.15) is 0 Å². The zero-order valence-corrected chi connectivity index (χ0v) is 6.14. The van der Waals surface area contributed by atoms with E-state index in [9.17, 15) is 0 Å². The summed E-state index contributed by atoms with van der Waals surface area (Å²) in [5, 5.41) is 0. The van der Waals surface area contributed by atoms with Crippen LogP contribution in [-0.4, -0.2) is 0 Å². The van der Waals surface area contributed by atoms with E-state index in [-0.39, 0.29) is 0 Å². The van der Waals surface area contributed by atoms with Crippen LogP contribution < -0.4 is 0 Å². The molecule has 0 aromatic rings.